The number of carbonyl (C=O) groups is 2. The van der Waals surface area contributed by atoms with Crippen LogP contribution >= 0.6 is 0 Å². The summed E-state index contributed by atoms with van der Waals surface area (Å²) in [6, 6.07) is 18.7. The van der Waals surface area contributed by atoms with Gasteiger partial charge in [-0.05, 0) is 24.0 Å². The molecule has 0 radical (unpaired) electrons. The first kappa shape index (κ1) is 21.4. The molecule has 7 nitrogen and oxygen atoms in total. The number of rotatable bonds is 7. The minimum absolute atomic E-state index is 0.0298. The Morgan fingerprint density at radius 1 is 1.03 bits per heavy atom. The molecule has 1 saturated heterocycles. The van der Waals surface area contributed by atoms with E-state index in [1.54, 1.807) is 4.90 Å². The lowest BCUT2D eigenvalue weighted by molar-refractivity contribution is -0.136. The molecule has 1 aliphatic rings. The second kappa shape index (κ2) is 10.4. The summed E-state index contributed by atoms with van der Waals surface area (Å²) in [5, 5.41) is 2.98. The summed E-state index contributed by atoms with van der Waals surface area (Å²) in [7, 11) is 0. The first-order valence-corrected chi connectivity index (χ1v) is 10.3. The van der Waals surface area contributed by atoms with E-state index >= 15 is 0 Å². The van der Waals surface area contributed by atoms with Crippen LogP contribution in [0.25, 0.3) is 0 Å². The van der Waals surface area contributed by atoms with E-state index in [4.69, 9.17) is 11.5 Å². The number of nitrogens with one attached hydrogen (secondary N) is 1. The van der Waals surface area contributed by atoms with Gasteiger partial charge in [-0.15, -0.1) is 0 Å². The largest absolute Gasteiger partial charge is 0.370 e. The van der Waals surface area contributed by atoms with E-state index in [9.17, 15) is 9.59 Å². The smallest absolute Gasteiger partial charge is 0.247 e. The lowest BCUT2D eigenvalue weighted by atomic mass is 9.95. The fourth-order valence-corrected chi connectivity index (χ4v) is 3.74. The molecule has 2 aromatic carbocycles. The van der Waals surface area contributed by atoms with Crippen molar-refractivity contribution in [2.75, 3.05) is 13.1 Å². The highest BCUT2D eigenvalue weighted by Crippen LogP contribution is 2.19. The molecule has 1 heterocycles. The first-order valence-electron chi connectivity index (χ1n) is 10.3. The summed E-state index contributed by atoms with van der Waals surface area (Å²) in [5.41, 5.74) is 13.2. The first-order chi connectivity index (χ1) is 14.5. The zero-order valence-electron chi connectivity index (χ0n) is 17.0. The monoisotopic (exact) mass is 407 g/mol. The van der Waals surface area contributed by atoms with Crippen LogP contribution in [0.4, 0.5) is 0 Å². The third-order valence-corrected chi connectivity index (χ3v) is 5.28. The third kappa shape index (κ3) is 6.07. The van der Waals surface area contributed by atoms with Gasteiger partial charge in [0.1, 0.15) is 6.04 Å². The van der Waals surface area contributed by atoms with Crippen molar-refractivity contribution in [3.05, 3.63) is 71.8 Å². The van der Waals surface area contributed by atoms with E-state index in [0.717, 1.165) is 24.0 Å². The fraction of sp³-hybridized carbons (Fsp3) is 0.348. The van der Waals surface area contributed by atoms with Gasteiger partial charge in [0.25, 0.3) is 0 Å². The van der Waals surface area contributed by atoms with Crippen molar-refractivity contribution in [3.8, 4) is 0 Å². The van der Waals surface area contributed by atoms with Gasteiger partial charge in [0, 0.05) is 26.1 Å². The second-order valence-corrected chi connectivity index (χ2v) is 7.59. The number of aliphatic imine (C=N–C) groups is 1. The summed E-state index contributed by atoms with van der Waals surface area (Å²) in [5.74, 6) is -0.521. The Morgan fingerprint density at radius 2 is 1.67 bits per heavy atom. The lowest BCUT2D eigenvalue weighted by Crippen LogP contribution is -2.49. The van der Waals surface area contributed by atoms with Crippen molar-refractivity contribution >= 4 is 17.8 Å². The summed E-state index contributed by atoms with van der Waals surface area (Å²) < 4.78 is 0. The Balaban J connectivity index is 1.62. The number of hydrogen-bond donors (Lipinski definition) is 3. The Hall–Kier alpha value is -3.35. The van der Waals surface area contributed by atoms with E-state index in [-0.39, 0.29) is 23.7 Å². The summed E-state index contributed by atoms with van der Waals surface area (Å²) in [6.07, 6.45) is 1.95. The van der Waals surface area contributed by atoms with Crippen molar-refractivity contribution < 1.29 is 9.59 Å². The van der Waals surface area contributed by atoms with Crippen LogP contribution in [0.2, 0.25) is 0 Å². The van der Waals surface area contributed by atoms with E-state index in [1.165, 1.54) is 0 Å². The number of carbonyl (C=O) groups excluding carboxylic acids is 2. The van der Waals surface area contributed by atoms with Crippen molar-refractivity contribution in [2.45, 2.75) is 31.8 Å². The molecular formula is C23H29N5O2. The molecule has 2 amide bonds. The molecule has 0 bridgehead atoms. The van der Waals surface area contributed by atoms with Gasteiger partial charge >= 0.3 is 0 Å². The molecule has 3 rings (SSSR count). The molecular weight excluding hydrogens is 378 g/mol. The standard InChI is InChI=1S/C23H29N5O2/c24-23(25)27-20(14-17-8-3-1-4-9-17)22(30)28-13-7-12-19(16-28)21(29)26-15-18-10-5-2-6-11-18/h1-6,8-11,19-20H,7,12-16H2,(H,26,29)(H4,24,25,27)/t19?,20-/m0/s1. The van der Waals surface area contributed by atoms with Crippen LogP contribution < -0.4 is 16.8 Å². The number of benzene rings is 2. The van der Waals surface area contributed by atoms with Crippen LogP contribution in [-0.2, 0) is 22.6 Å². The topological polar surface area (TPSA) is 114 Å². The minimum atomic E-state index is -0.691. The van der Waals surface area contributed by atoms with Gasteiger partial charge in [0.2, 0.25) is 11.8 Å². The average molecular weight is 408 g/mol. The Bertz CT molecular complexity index is 866. The Morgan fingerprint density at radius 3 is 2.30 bits per heavy atom. The summed E-state index contributed by atoms with van der Waals surface area (Å²) in [4.78, 5) is 31.7. The molecule has 0 saturated carbocycles. The van der Waals surface area contributed by atoms with Crippen LogP contribution in [0.15, 0.2) is 65.7 Å². The van der Waals surface area contributed by atoms with Crippen molar-refractivity contribution in [2.24, 2.45) is 22.4 Å². The predicted octanol–water partition coefficient (Wildman–Crippen LogP) is 1.43. The van der Waals surface area contributed by atoms with Crippen LogP contribution in [0.5, 0.6) is 0 Å². The molecule has 0 aliphatic carbocycles. The molecule has 0 aromatic heterocycles. The normalized spacial score (nSPS) is 17.1. The number of piperidine rings is 1. The maximum absolute atomic E-state index is 13.2. The quantitative estimate of drug-likeness (QED) is 0.476. The highest BCUT2D eigenvalue weighted by atomic mass is 16.2. The van der Waals surface area contributed by atoms with E-state index in [2.05, 4.69) is 10.3 Å². The molecule has 1 unspecified atom stereocenters. The molecule has 5 N–H and O–H groups in total. The lowest BCUT2D eigenvalue weighted by Gasteiger charge is -2.33. The molecule has 1 aliphatic heterocycles. The van der Waals surface area contributed by atoms with Gasteiger partial charge in [-0.2, -0.15) is 0 Å². The Labute approximate surface area is 177 Å². The van der Waals surface area contributed by atoms with Crippen molar-refractivity contribution in [3.63, 3.8) is 0 Å². The molecule has 2 atom stereocenters. The number of guanidine groups is 1. The maximum atomic E-state index is 13.2. The predicted molar refractivity (Wildman–Crippen MR) is 117 cm³/mol. The SMILES string of the molecule is NC(N)=N[C@@H](Cc1ccccc1)C(=O)N1CCCC(C(=O)NCc2ccccc2)C1. The highest BCUT2D eigenvalue weighted by Gasteiger charge is 2.32. The number of likely N-dealkylation sites (tertiary alicyclic amines) is 1. The number of nitrogens with zero attached hydrogens (tertiary/aromatic N) is 2. The van der Waals surface area contributed by atoms with Crippen LogP contribution in [0, 0.1) is 5.92 Å². The second-order valence-electron chi connectivity index (χ2n) is 7.59. The fourth-order valence-electron chi connectivity index (χ4n) is 3.74. The Kier molecular flexibility index (Phi) is 7.43. The molecule has 0 spiro atoms. The highest BCUT2D eigenvalue weighted by molar-refractivity contribution is 5.87. The third-order valence-electron chi connectivity index (χ3n) is 5.28. The van der Waals surface area contributed by atoms with Crippen molar-refractivity contribution in [1.29, 1.82) is 0 Å². The van der Waals surface area contributed by atoms with Crippen LogP contribution in [0.3, 0.4) is 0 Å². The van der Waals surface area contributed by atoms with Gasteiger partial charge in [-0.3, -0.25) is 9.59 Å². The molecule has 1 fully saturated rings. The van der Waals surface area contributed by atoms with Crippen molar-refractivity contribution in [1.82, 2.24) is 10.2 Å². The molecule has 158 valence electrons. The van der Waals surface area contributed by atoms with Gasteiger partial charge < -0.3 is 21.7 Å². The zero-order chi connectivity index (χ0) is 21.3. The zero-order valence-corrected chi connectivity index (χ0v) is 17.0. The van der Waals surface area contributed by atoms with Gasteiger partial charge in [-0.25, -0.2) is 4.99 Å². The number of nitrogens with two attached hydrogens (primary N) is 2. The van der Waals surface area contributed by atoms with E-state index < -0.39 is 6.04 Å². The number of hydrogen-bond acceptors (Lipinski definition) is 3. The maximum Gasteiger partial charge on any atom is 0.247 e. The minimum Gasteiger partial charge on any atom is -0.370 e. The number of amides is 2. The summed E-state index contributed by atoms with van der Waals surface area (Å²) in [6.45, 7) is 1.46. The molecule has 2 aromatic rings. The molecule has 7 heteroatoms. The van der Waals surface area contributed by atoms with Crippen LogP contribution in [-0.4, -0.2) is 41.8 Å². The molecule has 30 heavy (non-hydrogen) atoms. The van der Waals surface area contributed by atoms with Gasteiger partial charge in [0.15, 0.2) is 5.96 Å². The van der Waals surface area contributed by atoms with E-state index in [1.807, 2.05) is 60.7 Å². The average Bonchev–Trinajstić information content (AvgIpc) is 2.77. The van der Waals surface area contributed by atoms with E-state index in [0.29, 0.717) is 26.1 Å². The van der Waals surface area contributed by atoms with Crippen LogP contribution in [0.1, 0.15) is 24.0 Å². The van der Waals surface area contributed by atoms with Gasteiger partial charge in [0.05, 0.1) is 5.92 Å². The summed E-state index contributed by atoms with van der Waals surface area (Å²) >= 11 is 0. The van der Waals surface area contributed by atoms with Gasteiger partial charge in [-0.1, -0.05) is 60.7 Å².